The van der Waals surface area contributed by atoms with Gasteiger partial charge in [0.15, 0.2) is 0 Å². The Bertz CT molecular complexity index is 682. The lowest BCUT2D eigenvalue weighted by molar-refractivity contribution is -0.140. The number of rotatable bonds is 4. The van der Waals surface area contributed by atoms with Crippen LogP contribution in [0.2, 0.25) is 0 Å². The van der Waals surface area contributed by atoms with Gasteiger partial charge in [0.1, 0.15) is 11.9 Å². The Morgan fingerprint density at radius 1 is 1.17 bits per heavy atom. The van der Waals surface area contributed by atoms with E-state index < -0.39 is 29.6 Å². The summed E-state index contributed by atoms with van der Waals surface area (Å²) in [7, 11) is 1.15. The quantitative estimate of drug-likeness (QED) is 0.338. The van der Waals surface area contributed by atoms with Gasteiger partial charge in [0.25, 0.3) is 0 Å². The molecule has 0 bridgehead atoms. The van der Waals surface area contributed by atoms with Crippen LogP contribution in [-0.2, 0) is 15.7 Å². The topological polar surface area (TPSA) is 38.7 Å². The lowest BCUT2D eigenvalue weighted by Crippen LogP contribution is -2.18. The molecule has 1 aromatic rings. The van der Waals surface area contributed by atoms with Gasteiger partial charge in [0, 0.05) is 11.3 Å². The van der Waals surface area contributed by atoms with Crippen molar-refractivity contribution in [2.24, 2.45) is 4.99 Å². The molecule has 0 aromatic heterocycles. The summed E-state index contributed by atoms with van der Waals surface area (Å²) in [6.45, 7) is 6.40. The first-order valence-electron chi connectivity index (χ1n) is 7.13. The number of allylic oxidation sites excluding steroid dienone is 1. The molecule has 1 rings (SSSR count). The standard InChI is InChI=1S/C17H19F4NO2/c1-9(2)13(16(23)24-5)15(22-10(3)4)11-7-6-8-12(14(11)18)17(19,20)21/h6-8,15H,1-5H3. The fourth-order valence-electron chi connectivity index (χ4n) is 2.23. The van der Waals surface area contributed by atoms with E-state index in [-0.39, 0.29) is 11.1 Å². The molecular formula is C17H19F4NO2. The molecule has 0 N–H and O–H groups in total. The van der Waals surface area contributed by atoms with Crippen molar-refractivity contribution in [2.45, 2.75) is 39.9 Å². The Morgan fingerprint density at radius 3 is 2.17 bits per heavy atom. The van der Waals surface area contributed by atoms with Gasteiger partial charge in [-0.15, -0.1) is 0 Å². The molecule has 1 atom stereocenters. The minimum atomic E-state index is -4.84. The maximum atomic E-state index is 14.5. The Morgan fingerprint density at radius 2 is 1.75 bits per heavy atom. The Balaban J connectivity index is 3.69. The second kappa shape index (κ2) is 7.59. The van der Waals surface area contributed by atoms with Gasteiger partial charge in [-0.05, 0) is 33.8 Å². The largest absolute Gasteiger partial charge is 0.466 e. The lowest BCUT2D eigenvalue weighted by atomic mass is 9.93. The van der Waals surface area contributed by atoms with Crippen molar-refractivity contribution in [2.75, 3.05) is 7.11 Å². The van der Waals surface area contributed by atoms with E-state index in [4.69, 9.17) is 0 Å². The summed E-state index contributed by atoms with van der Waals surface area (Å²) in [6.07, 6.45) is -4.84. The summed E-state index contributed by atoms with van der Waals surface area (Å²) in [4.78, 5) is 16.2. The summed E-state index contributed by atoms with van der Waals surface area (Å²) < 4.78 is 58.1. The Kier molecular flexibility index (Phi) is 6.29. The van der Waals surface area contributed by atoms with Crippen LogP contribution in [-0.4, -0.2) is 18.8 Å². The van der Waals surface area contributed by atoms with E-state index in [0.717, 1.165) is 13.2 Å². The van der Waals surface area contributed by atoms with Crippen LogP contribution in [0.15, 0.2) is 34.3 Å². The summed E-state index contributed by atoms with van der Waals surface area (Å²) >= 11 is 0. The first kappa shape index (κ1) is 19.9. The zero-order valence-corrected chi connectivity index (χ0v) is 14.1. The van der Waals surface area contributed by atoms with E-state index in [1.54, 1.807) is 27.7 Å². The molecule has 132 valence electrons. The predicted molar refractivity (Wildman–Crippen MR) is 83.3 cm³/mol. The first-order valence-corrected chi connectivity index (χ1v) is 7.13. The lowest BCUT2D eigenvalue weighted by Gasteiger charge is -2.20. The monoisotopic (exact) mass is 345 g/mol. The van der Waals surface area contributed by atoms with Gasteiger partial charge in [-0.3, -0.25) is 4.99 Å². The van der Waals surface area contributed by atoms with Crippen molar-refractivity contribution < 1.29 is 27.1 Å². The number of alkyl halides is 3. The molecule has 7 heteroatoms. The SMILES string of the molecule is COC(=O)C(=C(C)C)C(N=C(C)C)c1cccc(C(F)(F)F)c1F. The van der Waals surface area contributed by atoms with Crippen LogP contribution < -0.4 is 0 Å². The number of ether oxygens (including phenoxy) is 1. The normalized spacial score (nSPS) is 12.4. The molecule has 0 saturated carbocycles. The molecular weight excluding hydrogens is 326 g/mol. The molecule has 0 radical (unpaired) electrons. The zero-order valence-electron chi connectivity index (χ0n) is 14.1. The van der Waals surface area contributed by atoms with Crippen molar-refractivity contribution in [3.8, 4) is 0 Å². The summed E-state index contributed by atoms with van der Waals surface area (Å²) in [5.41, 5.74) is -0.746. The number of nitrogens with zero attached hydrogens (tertiary/aromatic N) is 1. The van der Waals surface area contributed by atoms with Crippen molar-refractivity contribution in [1.29, 1.82) is 0 Å². The fourth-order valence-corrected chi connectivity index (χ4v) is 2.23. The van der Waals surface area contributed by atoms with Gasteiger partial charge >= 0.3 is 12.1 Å². The molecule has 0 aliphatic rings. The minimum absolute atomic E-state index is 0.0110. The van der Waals surface area contributed by atoms with Crippen molar-refractivity contribution in [1.82, 2.24) is 0 Å². The molecule has 1 unspecified atom stereocenters. The molecule has 24 heavy (non-hydrogen) atoms. The molecule has 0 aliphatic carbocycles. The maximum absolute atomic E-state index is 14.5. The average Bonchev–Trinajstić information content (AvgIpc) is 2.44. The number of hydrogen-bond acceptors (Lipinski definition) is 3. The van der Waals surface area contributed by atoms with Crippen LogP contribution in [0.1, 0.15) is 44.9 Å². The number of hydrogen-bond donors (Lipinski definition) is 0. The van der Waals surface area contributed by atoms with E-state index >= 15 is 0 Å². The minimum Gasteiger partial charge on any atom is -0.466 e. The molecule has 0 aliphatic heterocycles. The molecule has 1 aromatic carbocycles. The zero-order chi connectivity index (χ0) is 18.7. The number of carbonyl (C=O) groups excluding carboxylic acids is 1. The molecule has 0 amide bonds. The molecule has 0 fully saturated rings. The van der Waals surface area contributed by atoms with Crippen molar-refractivity contribution >= 4 is 11.7 Å². The van der Waals surface area contributed by atoms with E-state index in [9.17, 15) is 22.4 Å². The summed E-state index contributed by atoms with van der Waals surface area (Å²) in [6, 6.07) is 1.72. The van der Waals surface area contributed by atoms with E-state index in [0.29, 0.717) is 17.4 Å². The van der Waals surface area contributed by atoms with Crippen LogP contribution in [0.4, 0.5) is 17.6 Å². The third-order valence-electron chi connectivity index (χ3n) is 3.23. The van der Waals surface area contributed by atoms with Crippen LogP contribution in [0.25, 0.3) is 0 Å². The number of halogens is 4. The molecule has 0 heterocycles. The highest BCUT2D eigenvalue weighted by Gasteiger charge is 2.37. The molecule has 0 saturated heterocycles. The van der Waals surface area contributed by atoms with Crippen molar-refractivity contribution in [3.63, 3.8) is 0 Å². The highest BCUT2D eigenvalue weighted by Crippen LogP contribution is 2.37. The average molecular weight is 345 g/mol. The third kappa shape index (κ3) is 4.43. The van der Waals surface area contributed by atoms with Gasteiger partial charge in [0.05, 0.1) is 18.2 Å². The second-order valence-electron chi connectivity index (χ2n) is 5.59. The summed E-state index contributed by atoms with van der Waals surface area (Å²) in [5, 5.41) is 0. The number of benzene rings is 1. The number of esters is 1. The Labute approximate surface area is 138 Å². The fraction of sp³-hybridized carbons (Fsp3) is 0.412. The van der Waals surface area contributed by atoms with Crippen LogP contribution in [0.3, 0.4) is 0 Å². The Hall–Kier alpha value is -2.18. The van der Waals surface area contributed by atoms with Gasteiger partial charge in [-0.2, -0.15) is 13.2 Å². The molecule has 3 nitrogen and oxygen atoms in total. The third-order valence-corrected chi connectivity index (χ3v) is 3.23. The predicted octanol–water partition coefficient (Wildman–Crippen LogP) is 4.88. The maximum Gasteiger partial charge on any atom is 0.419 e. The van der Waals surface area contributed by atoms with E-state index in [1.807, 2.05) is 0 Å². The number of aliphatic imine (C=N–C) groups is 1. The highest BCUT2D eigenvalue weighted by molar-refractivity contribution is 5.92. The smallest absolute Gasteiger partial charge is 0.419 e. The summed E-state index contributed by atoms with van der Waals surface area (Å²) in [5.74, 6) is -2.20. The first-order chi connectivity index (χ1) is 11.0. The van der Waals surface area contributed by atoms with Crippen LogP contribution in [0.5, 0.6) is 0 Å². The van der Waals surface area contributed by atoms with E-state index in [1.165, 1.54) is 6.07 Å². The van der Waals surface area contributed by atoms with Gasteiger partial charge < -0.3 is 4.74 Å². The molecule has 0 spiro atoms. The van der Waals surface area contributed by atoms with Gasteiger partial charge in [-0.1, -0.05) is 17.7 Å². The van der Waals surface area contributed by atoms with E-state index in [2.05, 4.69) is 9.73 Å². The van der Waals surface area contributed by atoms with Crippen LogP contribution >= 0.6 is 0 Å². The number of carbonyl (C=O) groups is 1. The number of methoxy groups -OCH3 is 1. The second-order valence-corrected chi connectivity index (χ2v) is 5.59. The van der Waals surface area contributed by atoms with Crippen molar-refractivity contribution in [3.05, 3.63) is 46.3 Å². The highest BCUT2D eigenvalue weighted by atomic mass is 19.4. The van der Waals surface area contributed by atoms with Crippen LogP contribution in [0, 0.1) is 5.82 Å². The van der Waals surface area contributed by atoms with Gasteiger partial charge in [-0.25, -0.2) is 9.18 Å². The van der Waals surface area contributed by atoms with Gasteiger partial charge in [0.2, 0.25) is 0 Å².